The second kappa shape index (κ2) is 20.8. The van der Waals surface area contributed by atoms with E-state index in [-0.39, 0.29) is 41.0 Å². The van der Waals surface area contributed by atoms with E-state index in [1.165, 1.54) is 64.2 Å². The maximum absolute atomic E-state index is 15.3. The summed E-state index contributed by atoms with van der Waals surface area (Å²) in [5, 5.41) is 21.6. The quantitative estimate of drug-likeness (QED) is 0.203. The largest absolute Gasteiger partial charge is 0.481 e. The summed E-state index contributed by atoms with van der Waals surface area (Å²) in [6.07, 6.45) is 37.8. The third-order valence-electron chi connectivity index (χ3n) is 20.6. The fourth-order valence-electron chi connectivity index (χ4n) is 17.4. The van der Waals surface area contributed by atoms with E-state index in [0.29, 0.717) is 66.9 Å². The molecule has 6 aliphatic heterocycles. The van der Waals surface area contributed by atoms with Crippen LogP contribution in [0.4, 0.5) is 11.6 Å². The summed E-state index contributed by atoms with van der Waals surface area (Å²) in [4.78, 5) is 73.9. The van der Waals surface area contributed by atoms with Crippen LogP contribution in [0.25, 0.3) is 23.2 Å². The van der Waals surface area contributed by atoms with Crippen LogP contribution in [0.3, 0.4) is 0 Å². The van der Waals surface area contributed by atoms with E-state index in [4.69, 9.17) is 16.4 Å². The second-order valence-corrected chi connectivity index (χ2v) is 24.7. The lowest BCUT2D eigenvalue weighted by Crippen LogP contribution is -2.65. The number of terminal acetylenes is 1. The smallest absolute Gasteiger partial charge is 0.326 e. The van der Waals surface area contributed by atoms with Gasteiger partial charge in [0.25, 0.3) is 11.1 Å². The van der Waals surface area contributed by atoms with Crippen molar-refractivity contribution in [1.29, 1.82) is 0 Å². The van der Waals surface area contributed by atoms with Gasteiger partial charge in [-0.15, -0.1) is 6.42 Å². The van der Waals surface area contributed by atoms with Gasteiger partial charge in [0.15, 0.2) is 11.6 Å². The zero-order valence-corrected chi connectivity index (χ0v) is 43.8. The minimum absolute atomic E-state index is 0.00618. The Morgan fingerprint density at radius 3 is 1.80 bits per heavy atom. The van der Waals surface area contributed by atoms with Crippen LogP contribution in [0.5, 0.6) is 0 Å². The van der Waals surface area contributed by atoms with E-state index in [9.17, 15) is 24.6 Å². The van der Waals surface area contributed by atoms with Crippen molar-refractivity contribution in [3.8, 4) is 12.3 Å². The van der Waals surface area contributed by atoms with Gasteiger partial charge in [-0.1, -0.05) is 81.9 Å². The van der Waals surface area contributed by atoms with Gasteiger partial charge >= 0.3 is 11.9 Å². The fourth-order valence-corrected chi connectivity index (χ4v) is 17.4. The van der Waals surface area contributed by atoms with Crippen LogP contribution in [-0.4, -0.2) is 112 Å². The van der Waals surface area contributed by atoms with E-state index < -0.39 is 23.9 Å². The molecule has 2 N–H and O–H groups in total. The Labute approximate surface area is 436 Å². The standard InChI is InChI=1S/C60H80N8O6/c1-3-14-49-51(4-2)66(47-32-44-25-26-45(33-47)65(44)46-28-37-15-5-6-16-38(27-37)29-46)58(70)56(62-49)68-53(34-54(68)60(73)74)39-17-7-9-19-41(20-10-8-18-39)64-42-21-13-22-43(64)31-48(30-42)67-52-24-12-11-23-50(52)61-55(57(67)69)63-35-40(36-63)59(71)72/h1,4,11-12,14,23-24,37-48,53-54H,5-10,13,15-22,25-36H2,2H3,(H,71,72)(H,73,74). The van der Waals surface area contributed by atoms with Gasteiger partial charge in [0.2, 0.25) is 0 Å². The first-order valence-corrected chi connectivity index (χ1v) is 29.4. The Balaban J connectivity index is 0.748. The van der Waals surface area contributed by atoms with Gasteiger partial charge in [0.05, 0.1) is 27.6 Å². The van der Waals surface area contributed by atoms with Crippen molar-refractivity contribution in [3.05, 3.63) is 55.7 Å². The third kappa shape index (κ3) is 9.11. The maximum Gasteiger partial charge on any atom is 0.326 e. The number of anilines is 2. The lowest BCUT2D eigenvalue weighted by Gasteiger charge is -2.53. The predicted octanol–water partition coefficient (Wildman–Crippen LogP) is 7.62. The van der Waals surface area contributed by atoms with Crippen LogP contribution >= 0.6 is 0 Å². The Bertz CT molecular complexity index is 2850. The van der Waals surface area contributed by atoms with Crippen molar-refractivity contribution in [3.63, 3.8) is 0 Å². The molecule has 6 saturated heterocycles. The van der Waals surface area contributed by atoms with Crippen LogP contribution in [0, 0.1) is 36.0 Å². The van der Waals surface area contributed by atoms with Gasteiger partial charge in [-0.2, -0.15) is 0 Å². The van der Waals surface area contributed by atoms with Crippen LogP contribution < -0.4 is 31.6 Å². The van der Waals surface area contributed by atoms with Crippen molar-refractivity contribution in [2.75, 3.05) is 22.9 Å². The first-order chi connectivity index (χ1) is 36.1. The molecule has 2 aromatic heterocycles. The number of rotatable bonds is 9. The maximum atomic E-state index is 15.3. The number of carbonyl (C=O) groups is 2. The Morgan fingerprint density at radius 2 is 1.18 bits per heavy atom. The van der Waals surface area contributed by atoms with Crippen molar-refractivity contribution < 1.29 is 19.8 Å². The third-order valence-corrected chi connectivity index (χ3v) is 20.6. The molecule has 9 fully saturated rings. The molecule has 8 unspecified atom stereocenters. The van der Waals surface area contributed by atoms with Crippen molar-refractivity contribution in [1.82, 2.24) is 28.9 Å². The molecular weight excluding hydrogens is 929 g/mol. The van der Waals surface area contributed by atoms with Gasteiger partial charge < -0.3 is 29.1 Å². The molecule has 9 aliphatic rings. The summed E-state index contributed by atoms with van der Waals surface area (Å²) in [7, 11) is 0. The minimum Gasteiger partial charge on any atom is -0.481 e. The molecule has 74 heavy (non-hydrogen) atoms. The molecule has 8 heterocycles. The Hall–Kier alpha value is -5.00. The summed E-state index contributed by atoms with van der Waals surface area (Å²) in [6, 6.07) is 9.92. The molecule has 8 atom stereocenters. The van der Waals surface area contributed by atoms with E-state index >= 15 is 4.79 Å². The zero-order valence-electron chi connectivity index (χ0n) is 43.8. The molecule has 0 radical (unpaired) electrons. The van der Waals surface area contributed by atoms with Crippen LogP contribution in [0.15, 0.2) is 33.9 Å². The highest BCUT2D eigenvalue weighted by molar-refractivity contribution is 5.81. The fraction of sp³-hybridized carbons (Fsp3) is 0.700. The number of hydrogen-bond acceptors (Lipinski definition) is 10. The molecular formula is C60H80N8O6. The first-order valence-electron chi connectivity index (χ1n) is 29.4. The number of aliphatic carboxylic acids is 2. The van der Waals surface area contributed by atoms with Gasteiger partial charge in [-0.3, -0.25) is 24.2 Å². The number of nitrogens with zero attached hydrogens (tertiary/aromatic N) is 8. The highest BCUT2D eigenvalue weighted by Crippen LogP contribution is 2.49. The number of hydrogen-bond donors (Lipinski definition) is 2. The van der Waals surface area contributed by atoms with Crippen molar-refractivity contribution in [2.24, 2.45) is 23.7 Å². The number of benzene rings is 1. The summed E-state index contributed by atoms with van der Waals surface area (Å²) in [6.45, 7) is 2.58. The zero-order chi connectivity index (χ0) is 50.8. The first kappa shape index (κ1) is 49.9. The number of aromatic nitrogens is 4. The average molecular weight is 1010 g/mol. The molecule has 12 rings (SSSR count). The van der Waals surface area contributed by atoms with Crippen LogP contribution in [0.1, 0.15) is 180 Å². The average Bonchev–Trinajstić information content (AvgIpc) is 3.54. The van der Waals surface area contributed by atoms with Crippen LogP contribution in [-0.2, 0) is 9.59 Å². The lowest BCUT2D eigenvalue weighted by molar-refractivity contribution is -0.143. The molecule has 0 spiro atoms. The second-order valence-electron chi connectivity index (χ2n) is 24.7. The van der Waals surface area contributed by atoms with E-state index in [1.54, 1.807) is 6.08 Å². The monoisotopic (exact) mass is 1010 g/mol. The molecule has 14 nitrogen and oxygen atoms in total. The normalized spacial score (nSPS) is 35.6. The molecule has 3 aliphatic carbocycles. The van der Waals surface area contributed by atoms with Gasteiger partial charge in [-0.05, 0) is 140 Å². The molecule has 3 saturated carbocycles. The molecule has 6 bridgehead atoms. The predicted molar refractivity (Wildman–Crippen MR) is 289 cm³/mol. The van der Waals surface area contributed by atoms with Crippen molar-refractivity contribution in [2.45, 2.75) is 228 Å². The summed E-state index contributed by atoms with van der Waals surface area (Å²) in [5.74, 6) is 3.13. The number of piperidine rings is 3. The van der Waals surface area contributed by atoms with E-state index in [1.807, 2.05) is 56.2 Å². The highest BCUT2D eigenvalue weighted by atomic mass is 16.4. The van der Waals surface area contributed by atoms with Gasteiger partial charge in [-0.25, -0.2) is 14.8 Å². The summed E-state index contributed by atoms with van der Waals surface area (Å²) >= 11 is 0. The van der Waals surface area contributed by atoms with Gasteiger partial charge in [0, 0.05) is 73.5 Å². The lowest BCUT2D eigenvalue weighted by atomic mass is 9.76. The Morgan fingerprint density at radius 1 is 0.608 bits per heavy atom. The molecule has 3 aromatic rings. The van der Waals surface area contributed by atoms with E-state index in [2.05, 4.69) is 15.7 Å². The van der Waals surface area contributed by atoms with E-state index in [0.717, 1.165) is 118 Å². The highest BCUT2D eigenvalue weighted by Gasteiger charge is 2.51. The van der Waals surface area contributed by atoms with Crippen molar-refractivity contribution >= 4 is 46.8 Å². The number of para-hydroxylation sites is 2. The Kier molecular flexibility index (Phi) is 14.0. The SMILES string of the molecule is C#CC=c1nc(N2C(C(=O)O)CC2C2CCCCC(N3C4CCCC3CC(n3c(=O)c(N5CC(C(=O)O)C5)nc5ccccc53)C4)CCCC2)c(=O)n(C2CC3CCC(C2)N3C2CC3CCCCC(C3)C2)c1=CC. The molecule has 14 heteroatoms. The number of carboxylic acids is 2. The number of fused-ring (bicyclic) bond motifs is 7. The molecule has 396 valence electrons. The summed E-state index contributed by atoms with van der Waals surface area (Å²) in [5.41, 5.74) is 1.38. The minimum atomic E-state index is -0.897. The van der Waals surface area contributed by atoms with Gasteiger partial charge in [0.1, 0.15) is 6.04 Å². The number of carboxylic acid groups (broad SMARTS) is 2. The van der Waals surface area contributed by atoms with Crippen LogP contribution in [0.2, 0.25) is 0 Å². The topological polar surface area (TPSA) is 157 Å². The summed E-state index contributed by atoms with van der Waals surface area (Å²) < 4.78 is 4.03. The molecule has 0 amide bonds. The molecule has 1 aromatic carbocycles.